The summed E-state index contributed by atoms with van der Waals surface area (Å²) in [5.74, 6) is 1.76. The van der Waals surface area contributed by atoms with Crippen LogP contribution in [0, 0.1) is 0 Å². The lowest BCUT2D eigenvalue weighted by Gasteiger charge is -2.22. The van der Waals surface area contributed by atoms with Gasteiger partial charge in [0.1, 0.15) is 5.82 Å². The fourth-order valence-electron chi connectivity index (χ4n) is 2.93. The first-order chi connectivity index (χ1) is 13.2. The van der Waals surface area contributed by atoms with Gasteiger partial charge in [-0.1, -0.05) is 60.1 Å². The fourth-order valence-corrected chi connectivity index (χ4v) is 3.13. The van der Waals surface area contributed by atoms with E-state index in [1.54, 1.807) is 7.05 Å². The van der Waals surface area contributed by atoms with E-state index in [4.69, 9.17) is 11.6 Å². The SMILES string of the molecule is CN=C(NCc1nccn1Cc1ccccc1)N(C)Cc1ccccc1Cl.I. The van der Waals surface area contributed by atoms with Gasteiger partial charge in [0.05, 0.1) is 6.54 Å². The van der Waals surface area contributed by atoms with E-state index in [2.05, 4.69) is 44.1 Å². The van der Waals surface area contributed by atoms with Gasteiger partial charge >= 0.3 is 0 Å². The van der Waals surface area contributed by atoms with E-state index in [9.17, 15) is 0 Å². The van der Waals surface area contributed by atoms with Crippen LogP contribution < -0.4 is 5.32 Å². The summed E-state index contributed by atoms with van der Waals surface area (Å²) in [7, 11) is 3.77. The highest BCUT2D eigenvalue weighted by Crippen LogP contribution is 2.16. The van der Waals surface area contributed by atoms with Gasteiger partial charge in [0.15, 0.2) is 5.96 Å². The van der Waals surface area contributed by atoms with Gasteiger partial charge in [-0.2, -0.15) is 0 Å². The lowest BCUT2D eigenvalue weighted by molar-refractivity contribution is 0.474. The number of halogens is 2. The number of guanidine groups is 1. The number of hydrogen-bond donors (Lipinski definition) is 1. The van der Waals surface area contributed by atoms with Crippen molar-refractivity contribution in [2.75, 3.05) is 14.1 Å². The first kappa shape index (κ1) is 22.2. The quantitative estimate of drug-likeness (QED) is 0.304. The largest absolute Gasteiger partial charge is 0.349 e. The van der Waals surface area contributed by atoms with Crippen LogP contribution in [-0.4, -0.2) is 34.5 Å². The summed E-state index contributed by atoms with van der Waals surface area (Å²) in [6, 6.07) is 18.2. The minimum atomic E-state index is 0. The highest BCUT2D eigenvalue weighted by Gasteiger charge is 2.10. The summed E-state index contributed by atoms with van der Waals surface area (Å²) in [5, 5.41) is 4.15. The summed E-state index contributed by atoms with van der Waals surface area (Å²) >= 11 is 6.27. The molecule has 0 atom stereocenters. The van der Waals surface area contributed by atoms with E-state index in [0.717, 1.165) is 28.9 Å². The van der Waals surface area contributed by atoms with E-state index in [1.165, 1.54) is 5.56 Å². The van der Waals surface area contributed by atoms with Crippen LogP contribution in [0.4, 0.5) is 0 Å². The van der Waals surface area contributed by atoms with Crippen molar-refractivity contribution < 1.29 is 0 Å². The van der Waals surface area contributed by atoms with Crippen LogP contribution in [0.25, 0.3) is 0 Å². The molecule has 0 amide bonds. The molecule has 0 fully saturated rings. The fraction of sp³-hybridized carbons (Fsp3) is 0.238. The Kier molecular flexibility index (Phi) is 8.79. The summed E-state index contributed by atoms with van der Waals surface area (Å²) in [5.41, 5.74) is 2.31. The van der Waals surface area contributed by atoms with Crippen molar-refractivity contribution in [1.82, 2.24) is 19.8 Å². The smallest absolute Gasteiger partial charge is 0.194 e. The summed E-state index contributed by atoms with van der Waals surface area (Å²) in [6.07, 6.45) is 3.83. The predicted octanol–water partition coefficient (Wildman–Crippen LogP) is 4.41. The second kappa shape index (κ2) is 11.1. The van der Waals surface area contributed by atoms with Gasteiger partial charge in [0, 0.05) is 44.6 Å². The molecule has 0 aliphatic rings. The van der Waals surface area contributed by atoms with Gasteiger partial charge in [-0.15, -0.1) is 24.0 Å². The van der Waals surface area contributed by atoms with E-state index < -0.39 is 0 Å². The van der Waals surface area contributed by atoms with Gasteiger partial charge < -0.3 is 14.8 Å². The average Bonchev–Trinajstić information content (AvgIpc) is 3.12. The van der Waals surface area contributed by atoms with Gasteiger partial charge in [0.25, 0.3) is 0 Å². The third-order valence-corrected chi connectivity index (χ3v) is 4.71. The van der Waals surface area contributed by atoms with Crippen LogP contribution >= 0.6 is 35.6 Å². The normalized spacial score (nSPS) is 11.0. The molecule has 28 heavy (non-hydrogen) atoms. The van der Waals surface area contributed by atoms with E-state index in [0.29, 0.717) is 13.1 Å². The third-order valence-electron chi connectivity index (χ3n) is 4.34. The van der Waals surface area contributed by atoms with Crippen molar-refractivity contribution in [3.05, 3.63) is 89.0 Å². The molecule has 0 aliphatic heterocycles. The van der Waals surface area contributed by atoms with Crippen LogP contribution in [0.15, 0.2) is 72.0 Å². The summed E-state index contributed by atoms with van der Waals surface area (Å²) in [6.45, 7) is 2.07. The van der Waals surface area contributed by atoms with Gasteiger partial charge in [-0.25, -0.2) is 4.98 Å². The van der Waals surface area contributed by atoms with Gasteiger partial charge in [-0.3, -0.25) is 4.99 Å². The number of hydrogen-bond acceptors (Lipinski definition) is 2. The standard InChI is InChI=1S/C21H24ClN5.HI/c1-23-21(26(2)16-18-10-6-7-11-19(18)22)25-14-20-24-12-13-27(20)15-17-8-4-3-5-9-17;/h3-13H,14-16H2,1-2H3,(H,23,25);1H. The van der Waals surface area contributed by atoms with Crippen LogP contribution in [0.1, 0.15) is 17.0 Å². The average molecular weight is 510 g/mol. The van der Waals surface area contributed by atoms with Crippen LogP contribution in [0.5, 0.6) is 0 Å². The van der Waals surface area contributed by atoms with Crippen LogP contribution in [0.2, 0.25) is 5.02 Å². The molecule has 0 bridgehead atoms. The summed E-state index contributed by atoms with van der Waals surface area (Å²) in [4.78, 5) is 10.9. The molecule has 0 saturated heterocycles. The zero-order valence-electron chi connectivity index (χ0n) is 16.0. The lowest BCUT2D eigenvalue weighted by atomic mass is 10.2. The monoisotopic (exact) mass is 509 g/mol. The topological polar surface area (TPSA) is 45.5 Å². The Bertz CT molecular complexity index is 895. The highest BCUT2D eigenvalue weighted by atomic mass is 127. The number of aromatic nitrogens is 2. The molecule has 0 unspecified atom stereocenters. The highest BCUT2D eigenvalue weighted by molar-refractivity contribution is 14.0. The minimum Gasteiger partial charge on any atom is -0.349 e. The molecule has 0 saturated carbocycles. The maximum absolute atomic E-state index is 6.27. The predicted molar refractivity (Wildman–Crippen MR) is 126 cm³/mol. The molecule has 7 heteroatoms. The number of aliphatic imine (C=N–C) groups is 1. The molecular formula is C21H25ClIN5. The molecule has 3 aromatic rings. The number of imidazole rings is 1. The molecule has 3 rings (SSSR count). The Morgan fingerprint density at radius 1 is 1.14 bits per heavy atom. The molecule has 0 radical (unpaired) electrons. The molecule has 1 N–H and O–H groups in total. The number of nitrogens with zero attached hydrogens (tertiary/aromatic N) is 4. The lowest BCUT2D eigenvalue weighted by Crippen LogP contribution is -2.38. The Morgan fingerprint density at radius 2 is 1.86 bits per heavy atom. The molecule has 1 aromatic heterocycles. The van der Waals surface area contributed by atoms with E-state index >= 15 is 0 Å². The van der Waals surface area contributed by atoms with Crippen molar-refractivity contribution in [2.24, 2.45) is 4.99 Å². The first-order valence-electron chi connectivity index (χ1n) is 8.86. The second-order valence-electron chi connectivity index (χ2n) is 6.31. The number of benzene rings is 2. The van der Waals surface area contributed by atoms with E-state index in [-0.39, 0.29) is 24.0 Å². The first-order valence-corrected chi connectivity index (χ1v) is 9.24. The molecule has 0 spiro atoms. The minimum absolute atomic E-state index is 0. The van der Waals surface area contributed by atoms with Crippen LogP contribution in [-0.2, 0) is 19.6 Å². The van der Waals surface area contributed by atoms with Crippen LogP contribution in [0.3, 0.4) is 0 Å². The maximum atomic E-state index is 6.27. The molecule has 2 aromatic carbocycles. The van der Waals surface area contributed by atoms with Crippen molar-refractivity contribution in [1.29, 1.82) is 0 Å². The Morgan fingerprint density at radius 3 is 2.57 bits per heavy atom. The Balaban J connectivity index is 0.00000280. The van der Waals surface area contributed by atoms with Crippen molar-refractivity contribution >= 4 is 41.5 Å². The molecule has 148 valence electrons. The molecular weight excluding hydrogens is 485 g/mol. The Hall–Kier alpha value is -2.06. The van der Waals surface area contributed by atoms with Gasteiger partial charge in [-0.05, 0) is 17.2 Å². The maximum Gasteiger partial charge on any atom is 0.194 e. The molecule has 1 heterocycles. The molecule has 5 nitrogen and oxygen atoms in total. The zero-order valence-corrected chi connectivity index (χ0v) is 19.1. The van der Waals surface area contributed by atoms with Crippen molar-refractivity contribution in [3.63, 3.8) is 0 Å². The second-order valence-corrected chi connectivity index (χ2v) is 6.71. The van der Waals surface area contributed by atoms with Crippen molar-refractivity contribution in [2.45, 2.75) is 19.6 Å². The number of rotatable bonds is 6. The zero-order chi connectivity index (χ0) is 19.1. The Labute approximate surface area is 188 Å². The third kappa shape index (κ3) is 5.97. The van der Waals surface area contributed by atoms with E-state index in [1.807, 2.05) is 54.7 Å². The van der Waals surface area contributed by atoms with Crippen molar-refractivity contribution in [3.8, 4) is 0 Å². The summed E-state index contributed by atoms with van der Waals surface area (Å²) < 4.78 is 2.14. The van der Waals surface area contributed by atoms with Gasteiger partial charge in [0.2, 0.25) is 0 Å². The molecule has 0 aliphatic carbocycles. The number of nitrogens with one attached hydrogen (secondary N) is 1.